The van der Waals surface area contributed by atoms with Crippen molar-refractivity contribution in [2.24, 2.45) is 10.9 Å². The fourth-order valence-electron chi connectivity index (χ4n) is 1.80. The highest BCUT2D eigenvalue weighted by Crippen LogP contribution is 2.15. The smallest absolute Gasteiger partial charge is 0.243 e. The second-order valence-corrected chi connectivity index (χ2v) is 7.32. The van der Waals surface area contributed by atoms with E-state index in [0.717, 1.165) is 25.3 Å². The number of carbonyl (C=O) groups is 1. The minimum Gasteiger partial charge on any atom is -0.356 e. The summed E-state index contributed by atoms with van der Waals surface area (Å²) in [5.41, 5.74) is 0. The second-order valence-electron chi connectivity index (χ2n) is 6.15. The first-order valence-electron chi connectivity index (χ1n) is 8.39. The molecule has 0 bridgehead atoms. The molecule has 0 unspecified atom stereocenters. The van der Waals surface area contributed by atoms with Crippen molar-refractivity contribution in [2.75, 3.05) is 39.5 Å². The van der Waals surface area contributed by atoms with Crippen LogP contribution in [0, 0.1) is 5.92 Å². The maximum absolute atomic E-state index is 11.7. The Hall–Kier alpha value is -0.960. The van der Waals surface area contributed by atoms with Gasteiger partial charge in [-0.05, 0) is 24.5 Å². The van der Waals surface area contributed by atoms with Crippen LogP contribution in [0.15, 0.2) is 40.2 Å². The summed E-state index contributed by atoms with van der Waals surface area (Å²) in [5, 5.41) is 6.61. The standard InChI is InChI=1S/C18H30N4OS.HI/c1-15(2)10-11-19-18(21-14-17(23)22(3)4)20-12-13-24-16-8-6-5-7-9-16;/h5-9,15H,10-14H2,1-4H3,(H2,19,20,21);1H. The van der Waals surface area contributed by atoms with Gasteiger partial charge in [-0.2, -0.15) is 0 Å². The van der Waals surface area contributed by atoms with Crippen LogP contribution in [-0.4, -0.2) is 56.2 Å². The Kier molecular flexibility index (Phi) is 13.7. The molecule has 0 radical (unpaired) electrons. The number of guanidine groups is 1. The molecule has 1 aromatic carbocycles. The molecule has 1 rings (SSSR count). The van der Waals surface area contributed by atoms with Crippen LogP contribution >= 0.6 is 35.7 Å². The molecule has 1 aromatic rings. The van der Waals surface area contributed by atoms with Crippen molar-refractivity contribution in [2.45, 2.75) is 25.2 Å². The van der Waals surface area contributed by atoms with Gasteiger partial charge < -0.3 is 15.5 Å². The zero-order valence-electron chi connectivity index (χ0n) is 15.6. The fourth-order valence-corrected chi connectivity index (χ4v) is 2.59. The van der Waals surface area contributed by atoms with Crippen molar-refractivity contribution < 1.29 is 4.79 Å². The third kappa shape index (κ3) is 12.1. The number of carbonyl (C=O) groups excluding carboxylic acids is 1. The number of hydrogen-bond acceptors (Lipinski definition) is 3. The van der Waals surface area contributed by atoms with E-state index >= 15 is 0 Å². The van der Waals surface area contributed by atoms with Gasteiger partial charge in [0.15, 0.2) is 5.96 Å². The average molecular weight is 478 g/mol. The van der Waals surface area contributed by atoms with E-state index in [2.05, 4.69) is 41.6 Å². The summed E-state index contributed by atoms with van der Waals surface area (Å²) >= 11 is 1.80. The van der Waals surface area contributed by atoms with E-state index in [1.165, 1.54) is 4.90 Å². The monoisotopic (exact) mass is 478 g/mol. The summed E-state index contributed by atoms with van der Waals surface area (Å²) in [6.45, 7) is 6.19. The zero-order chi connectivity index (χ0) is 17.8. The van der Waals surface area contributed by atoms with Crippen LogP contribution < -0.4 is 10.6 Å². The third-order valence-corrected chi connectivity index (χ3v) is 4.31. The summed E-state index contributed by atoms with van der Waals surface area (Å²) in [6, 6.07) is 10.3. The summed E-state index contributed by atoms with van der Waals surface area (Å²) in [4.78, 5) is 18.9. The van der Waals surface area contributed by atoms with Crippen LogP contribution in [-0.2, 0) is 4.79 Å². The predicted molar refractivity (Wildman–Crippen MR) is 119 cm³/mol. The number of amides is 1. The van der Waals surface area contributed by atoms with Crippen LogP contribution in [0.3, 0.4) is 0 Å². The van der Waals surface area contributed by atoms with Crippen LogP contribution in [0.1, 0.15) is 20.3 Å². The van der Waals surface area contributed by atoms with Crippen LogP contribution in [0.4, 0.5) is 0 Å². The molecule has 0 aliphatic heterocycles. The van der Waals surface area contributed by atoms with Gasteiger partial charge in [-0.3, -0.25) is 4.79 Å². The van der Waals surface area contributed by atoms with Crippen LogP contribution in [0.25, 0.3) is 0 Å². The zero-order valence-corrected chi connectivity index (χ0v) is 18.8. The number of rotatable bonds is 9. The highest BCUT2D eigenvalue weighted by molar-refractivity contribution is 14.0. The molecule has 2 N–H and O–H groups in total. The Morgan fingerprint density at radius 1 is 1.16 bits per heavy atom. The number of aliphatic imine (C=N–C) groups is 1. The molecule has 0 heterocycles. The first kappa shape index (κ1) is 24.0. The summed E-state index contributed by atoms with van der Waals surface area (Å²) < 4.78 is 0. The van der Waals surface area contributed by atoms with Crippen molar-refractivity contribution in [1.29, 1.82) is 0 Å². The Balaban J connectivity index is 0.00000576. The lowest BCUT2D eigenvalue weighted by Crippen LogP contribution is -2.40. The number of benzene rings is 1. The van der Waals surface area contributed by atoms with E-state index in [1.54, 1.807) is 30.8 Å². The van der Waals surface area contributed by atoms with Crippen molar-refractivity contribution in [3.8, 4) is 0 Å². The highest BCUT2D eigenvalue weighted by Gasteiger charge is 2.05. The SMILES string of the molecule is CC(C)CCNC(=NCC(=O)N(C)C)NCCSc1ccccc1.I. The molecule has 1 amide bonds. The van der Waals surface area contributed by atoms with E-state index in [9.17, 15) is 4.79 Å². The van der Waals surface area contributed by atoms with E-state index in [0.29, 0.717) is 11.9 Å². The Morgan fingerprint density at radius 3 is 2.40 bits per heavy atom. The minimum absolute atomic E-state index is 0. The molecule has 0 aliphatic carbocycles. The van der Waals surface area contributed by atoms with Crippen molar-refractivity contribution in [3.63, 3.8) is 0 Å². The molecule has 0 aromatic heterocycles. The molecule has 25 heavy (non-hydrogen) atoms. The summed E-state index contributed by atoms with van der Waals surface area (Å²) in [7, 11) is 3.49. The van der Waals surface area contributed by atoms with Gasteiger partial charge in [0, 0.05) is 37.8 Å². The molecular formula is C18H31IN4OS. The third-order valence-electron chi connectivity index (χ3n) is 3.29. The number of nitrogens with zero attached hydrogens (tertiary/aromatic N) is 2. The molecule has 0 saturated heterocycles. The van der Waals surface area contributed by atoms with Crippen molar-refractivity contribution >= 4 is 47.6 Å². The Morgan fingerprint density at radius 2 is 1.80 bits per heavy atom. The first-order valence-corrected chi connectivity index (χ1v) is 9.37. The Labute approximate surface area is 173 Å². The number of likely N-dealkylation sites (N-methyl/N-ethyl adjacent to an activating group) is 1. The van der Waals surface area contributed by atoms with Crippen LogP contribution in [0.5, 0.6) is 0 Å². The normalized spacial score (nSPS) is 11.0. The van der Waals surface area contributed by atoms with Crippen LogP contribution in [0.2, 0.25) is 0 Å². The van der Waals surface area contributed by atoms with Gasteiger partial charge in [0.25, 0.3) is 0 Å². The highest BCUT2D eigenvalue weighted by atomic mass is 127. The molecule has 0 fully saturated rings. The van der Waals surface area contributed by atoms with Crippen molar-refractivity contribution in [1.82, 2.24) is 15.5 Å². The number of nitrogens with one attached hydrogen (secondary N) is 2. The van der Waals surface area contributed by atoms with Gasteiger partial charge in [-0.1, -0.05) is 32.0 Å². The van der Waals surface area contributed by atoms with Gasteiger partial charge in [-0.25, -0.2) is 4.99 Å². The van der Waals surface area contributed by atoms with E-state index in [1.807, 2.05) is 18.2 Å². The fraction of sp³-hybridized carbons (Fsp3) is 0.556. The van der Waals surface area contributed by atoms with E-state index in [-0.39, 0.29) is 36.4 Å². The van der Waals surface area contributed by atoms with Gasteiger partial charge >= 0.3 is 0 Å². The molecule has 0 atom stereocenters. The van der Waals surface area contributed by atoms with Gasteiger partial charge in [0.1, 0.15) is 6.54 Å². The van der Waals surface area contributed by atoms with Gasteiger partial charge in [-0.15, -0.1) is 35.7 Å². The number of thioether (sulfide) groups is 1. The molecule has 5 nitrogen and oxygen atoms in total. The maximum Gasteiger partial charge on any atom is 0.243 e. The molecule has 0 aliphatic rings. The molecule has 7 heteroatoms. The van der Waals surface area contributed by atoms with Gasteiger partial charge in [0.05, 0.1) is 0 Å². The van der Waals surface area contributed by atoms with Gasteiger partial charge in [0.2, 0.25) is 5.91 Å². The quantitative estimate of drug-likeness (QED) is 0.188. The summed E-state index contributed by atoms with van der Waals surface area (Å²) in [5.74, 6) is 2.28. The summed E-state index contributed by atoms with van der Waals surface area (Å²) in [6.07, 6.45) is 1.07. The topological polar surface area (TPSA) is 56.7 Å². The number of halogens is 1. The molecule has 142 valence electrons. The molecule has 0 saturated carbocycles. The predicted octanol–water partition coefficient (Wildman–Crippen LogP) is 3.07. The van der Waals surface area contributed by atoms with E-state index < -0.39 is 0 Å². The Bertz CT molecular complexity index is 509. The van der Waals surface area contributed by atoms with Crippen molar-refractivity contribution in [3.05, 3.63) is 30.3 Å². The lowest BCUT2D eigenvalue weighted by atomic mass is 10.1. The maximum atomic E-state index is 11.7. The minimum atomic E-state index is -0.00128. The second kappa shape index (κ2) is 14.2. The molecular weight excluding hydrogens is 447 g/mol. The number of hydrogen-bond donors (Lipinski definition) is 2. The largest absolute Gasteiger partial charge is 0.356 e. The first-order chi connectivity index (χ1) is 11.5. The average Bonchev–Trinajstić information content (AvgIpc) is 2.56. The molecule has 0 spiro atoms. The lowest BCUT2D eigenvalue weighted by molar-refractivity contribution is -0.127. The lowest BCUT2D eigenvalue weighted by Gasteiger charge is -2.14. The van der Waals surface area contributed by atoms with E-state index in [4.69, 9.17) is 0 Å².